The zero-order valence-corrected chi connectivity index (χ0v) is 16.8. The van der Waals surface area contributed by atoms with Gasteiger partial charge in [-0.05, 0) is 61.4 Å². The Balaban J connectivity index is 1.24. The second-order valence-electron chi connectivity index (χ2n) is 7.62. The van der Waals surface area contributed by atoms with Gasteiger partial charge in [0.2, 0.25) is 0 Å². The number of furan rings is 1. The van der Waals surface area contributed by atoms with Gasteiger partial charge in [-0.1, -0.05) is 12.1 Å². The Morgan fingerprint density at radius 2 is 1.94 bits per heavy atom. The fraction of sp³-hybridized carbons (Fsp3) is 0.250. The number of hydrogen-bond donors (Lipinski definition) is 0. The fourth-order valence-electron chi connectivity index (χ4n) is 3.84. The van der Waals surface area contributed by atoms with Crippen molar-refractivity contribution in [2.45, 2.75) is 25.4 Å². The quantitative estimate of drug-likeness (QED) is 0.446. The molecule has 0 bridgehead atoms. The standard InChI is InChI=1S/C24H21FN2O4/c25-17-7-9-18(10-8-17)29-15-19-11-12-22(30-19)24(28)27-13-3-4-16(14-27)23-26-20-5-1-2-6-21(20)31-23/h1-2,5-12,16H,3-4,13-15H2/t16-/m0/s1. The molecule has 4 aromatic rings. The first-order valence-electron chi connectivity index (χ1n) is 10.3. The minimum absolute atomic E-state index is 0.0568. The van der Waals surface area contributed by atoms with Crippen LogP contribution in [0.4, 0.5) is 4.39 Å². The first kappa shape index (κ1) is 19.4. The summed E-state index contributed by atoms with van der Waals surface area (Å²) in [6.07, 6.45) is 1.79. The lowest BCUT2D eigenvalue weighted by molar-refractivity contribution is 0.0662. The van der Waals surface area contributed by atoms with Gasteiger partial charge in [0.15, 0.2) is 17.2 Å². The molecule has 1 atom stereocenters. The van der Waals surface area contributed by atoms with E-state index in [4.69, 9.17) is 13.6 Å². The molecule has 3 heterocycles. The average molecular weight is 420 g/mol. The van der Waals surface area contributed by atoms with Gasteiger partial charge in [0.25, 0.3) is 5.91 Å². The normalized spacial score (nSPS) is 16.5. The number of fused-ring (bicyclic) bond motifs is 1. The largest absolute Gasteiger partial charge is 0.486 e. The molecular formula is C24H21FN2O4. The monoisotopic (exact) mass is 420 g/mol. The summed E-state index contributed by atoms with van der Waals surface area (Å²) in [7, 11) is 0. The third-order valence-electron chi connectivity index (χ3n) is 5.44. The van der Waals surface area contributed by atoms with Gasteiger partial charge < -0.3 is 18.5 Å². The zero-order chi connectivity index (χ0) is 21.2. The zero-order valence-electron chi connectivity index (χ0n) is 16.8. The van der Waals surface area contributed by atoms with E-state index in [-0.39, 0.29) is 30.0 Å². The number of carbonyl (C=O) groups excluding carboxylic acids is 1. The Labute approximate surface area is 178 Å². The van der Waals surface area contributed by atoms with Crippen LogP contribution >= 0.6 is 0 Å². The molecule has 0 unspecified atom stereocenters. The molecule has 0 aliphatic carbocycles. The van der Waals surface area contributed by atoms with Crippen molar-refractivity contribution >= 4 is 17.0 Å². The molecule has 6 nitrogen and oxygen atoms in total. The molecule has 1 saturated heterocycles. The SMILES string of the molecule is O=C(c1ccc(COc2ccc(F)cc2)o1)N1CCC[C@H](c2nc3ccccc3o2)C1. The van der Waals surface area contributed by atoms with Crippen LogP contribution in [0.25, 0.3) is 11.1 Å². The number of hydrogen-bond acceptors (Lipinski definition) is 5. The molecular weight excluding hydrogens is 399 g/mol. The van der Waals surface area contributed by atoms with Gasteiger partial charge in [0.1, 0.15) is 29.5 Å². The van der Waals surface area contributed by atoms with Crippen molar-refractivity contribution in [2.24, 2.45) is 0 Å². The third-order valence-corrected chi connectivity index (χ3v) is 5.44. The number of piperidine rings is 1. The number of halogens is 1. The second kappa shape index (κ2) is 8.26. The molecule has 0 spiro atoms. The van der Waals surface area contributed by atoms with E-state index in [0.29, 0.717) is 30.5 Å². The van der Waals surface area contributed by atoms with Gasteiger partial charge in [-0.3, -0.25) is 4.79 Å². The van der Waals surface area contributed by atoms with Crippen LogP contribution in [0.2, 0.25) is 0 Å². The predicted octanol–water partition coefficient (Wildman–Crippen LogP) is 5.16. The summed E-state index contributed by atoms with van der Waals surface area (Å²) in [5, 5.41) is 0. The summed E-state index contributed by atoms with van der Waals surface area (Å²) in [4.78, 5) is 19.4. The molecule has 0 radical (unpaired) electrons. The number of carbonyl (C=O) groups is 1. The molecule has 1 aliphatic heterocycles. The predicted molar refractivity (Wildman–Crippen MR) is 111 cm³/mol. The molecule has 7 heteroatoms. The van der Waals surface area contributed by atoms with Gasteiger partial charge in [-0.25, -0.2) is 9.37 Å². The van der Waals surface area contributed by atoms with Crippen LogP contribution < -0.4 is 4.74 Å². The Kier molecular flexibility index (Phi) is 5.16. The smallest absolute Gasteiger partial charge is 0.289 e. The van der Waals surface area contributed by atoms with Crippen LogP contribution in [0.15, 0.2) is 69.5 Å². The van der Waals surface area contributed by atoms with Crippen LogP contribution in [0.5, 0.6) is 5.75 Å². The van der Waals surface area contributed by atoms with Crippen molar-refractivity contribution in [3.05, 3.63) is 83.9 Å². The molecule has 1 amide bonds. The van der Waals surface area contributed by atoms with Crippen molar-refractivity contribution < 1.29 is 22.8 Å². The van der Waals surface area contributed by atoms with E-state index in [0.717, 1.165) is 23.9 Å². The molecule has 2 aromatic heterocycles. The van der Waals surface area contributed by atoms with E-state index in [9.17, 15) is 9.18 Å². The molecule has 158 valence electrons. The Morgan fingerprint density at radius 1 is 1.10 bits per heavy atom. The lowest BCUT2D eigenvalue weighted by Gasteiger charge is -2.30. The van der Waals surface area contributed by atoms with Crippen molar-refractivity contribution in [1.82, 2.24) is 9.88 Å². The van der Waals surface area contributed by atoms with Crippen molar-refractivity contribution in [3.8, 4) is 5.75 Å². The van der Waals surface area contributed by atoms with Gasteiger partial charge >= 0.3 is 0 Å². The summed E-state index contributed by atoms with van der Waals surface area (Å²) in [5.74, 6) is 1.58. The summed E-state index contributed by atoms with van der Waals surface area (Å²) in [6, 6.07) is 16.8. The van der Waals surface area contributed by atoms with Crippen LogP contribution in [0, 0.1) is 5.82 Å². The number of benzene rings is 2. The Hall–Kier alpha value is -3.61. The molecule has 2 aromatic carbocycles. The van der Waals surface area contributed by atoms with Gasteiger partial charge in [-0.15, -0.1) is 0 Å². The number of likely N-dealkylation sites (tertiary alicyclic amines) is 1. The highest BCUT2D eigenvalue weighted by molar-refractivity contribution is 5.91. The van der Waals surface area contributed by atoms with Crippen LogP contribution in [-0.2, 0) is 6.61 Å². The summed E-state index contributed by atoms with van der Waals surface area (Å²) in [6.45, 7) is 1.36. The van der Waals surface area contributed by atoms with Crippen LogP contribution in [-0.4, -0.2) is 28.9 Å². The van der Waals surface area contributed by atoms with Crippen LogP contribution in [0.1, 0.15) is 41.0 Å². The summed E-state index contributed by atoms with van der Waals surface area (Å²) < 4.78 is 30.2. The molecule has 5 rings (SSSR count). The number of amides is 1. The minimum atomic E-state index is -0.323. The molecule has 0 N–H and O–H groups in total. The summed E-state index contributed by atoms with van der Waals surface area (Å²) >= 11 is 0. The van der Waals surface area contributed by atoms with E-state index in [2.05, 4.69) is 4.98 Å². The Morgan fingerprint density at radius 3 is 2.77 bits per heavy atom. The number of para-hydroxylation sites is 2. The van der Waals surface area contributed by atoms with Crippen molar-refractivity contribution in [3.63, 3.8) is 0 Å². The van der Waals surface area contributed by atoms with E-state index in [1.54, 1.807) is 29.2 Å². The summed E-state index contributed by atoms with van der Waals surface area (Å²) in [5.41, 5.74) is 1.59. The molecule has 0 saturated carbocycles. The highest BCUT2D eigenvalue weighted by Crippen LogP contribution is 2.30. The topological polar surface area (TPSA) is 68.7 Å². The maximum atomic E-state index is 13.0. The van der Waals surface area contributed by atoms with Crippen molar-refractivity contribution in [2.75, 3.05) is 13.1 Å². The molecule has 1 fully saturated rings. The van der Waals surface area contributed by atoms with Gasteiger partial charge in [0, 0.05) is 13.1 Å². The second-order valence-corrected chi connectivity index (χ2v) is 7.62. The average Bonchev–Trinajstić information content (AvgIpc) is 3.45. The lowest BCUT2D eigenvalue weighted by Crippen LogP contribution is -2.39. The van der Waals surface area contributed by atoms with E-state index in [1.807, 2.05) is 24.3 Å². The fourth-order valence-corrected chi connectivity index (χ4v) is 3.84. The number of nitrogens with zero attached hydrogens (tertiary/aromatic N) is 2. The number of aromatic nitrogens is 1. The first-order chi connectivity index (χ1) is 15.2. The maximum Gasteiger partial charge on any atom is 0.289 e. The first-order valence-corrected chi connectivity index (χ1v) is 10.3. The minimum Gasteiger partial charge on any atom is -0.486 e. The molecule has 1 aliphatic rings. The number of rotatable bonds is 5. The van der Waals surface area contributed by atoms with Crippen LogP contribution in [0.3, 0.4) is 0 Å². The number of ether oxygens (including phenoxy) is 1. The van der Waals surface area contributed by atoms with Gasteiger partial charge in [0.05, 0.1) is 5.92 Å². The third kappa shape index (κ3) is 4.17. The van der Waals surface area contributed by atoms with E-state index < -0.39 is 0 Å². The maximum absolute atomic E-state index is 13.0. The number of oxazole rings is 1. The Bertz CT molecular complexity index is 1160. The highest BCUT2D eigenvalue weighted by Gasteiger charge is 2.30. The van der Waals surface area contributed by atoms with E-state index >= 15 is 0 Å². The van der Waals surface area contributed by atoms with Crippen molar-refractivity contribution in [1.29, 1.82) is 0 Å². The van der Waals surface area contributed by atoms with E-state index in [1.165, 1.54) is 12.1 Å². The van der Waals surface area contributed by atoms with Gasteiger partial charge in [-0.2, -0.15) is 0 Å². The highest BCUT2D eigenvalue weighted by atomic mass is 19.1. The lowest BCUT2D eigenvalue weighted by atomic mass is 9.98. The molecule has 31 heavy (non-hydrogen) atoms.